The van der Waals surface area contributed by atoms with Gasteiger partial charge in [0.25, 0.3) is 0 Å². The van der Waals surface area contributed by atoms with Gasteiger partial charge < -0.3 is 0 Å². The molecule has 1 heterocycles. The molecule has 0 N–H and O–H groups in total. The minimum absolute atomic E-state index is 1.03. The average molecular weight is 311 g/mol. The number of nitrogens with zero attached hydrogens (tertiary/aromatic N) is 1. The van der Waals surface area contributed by atoms with E-state index in [1.54, 1.807) is 0 Å². The van der Waals surface area contributed by atoms with Crippen molar-refractivity contribution in [3.63, 3.8) is 0 Å². The summed E-state index contributed by atoms with van der Waals surface area (Å²) in [4.78, 5) is 0. The van der Waals surface area contributed by atoms with Gasteiger partial charge in [0, 0.05) is 11.5 Å². The van der Waals surface area contributed by atoms with E-state index < -0.39 is 0 Å². The van der Waals surface area contributed by atoms with Gasteiger partial charge in [0.1, 0.15) is 0 Å². The molecule has 2 rings (SSSR count). The van der Waals surface area contributed by atoms with Gasteiger partial charge in [-0.15, -0.1) is 0 Å². The zero-order valence-electron chi connectivity index (χ0n) is 10.0. The molecule has 1 aromatic heterocycles. The van der Waals surface area contributed by atoms with Gasteiger partial charge in [-0.25, -0.2) is 0 Å². The number of halogens is 1. The topological polar surface area (TPSA) is 3.88 Å². The Morgan fingerprint density at radius 2 is 2.12 bits per heavy atom. The number of hydrogen-bond acceptors (Lipinski definition) is 1. The first kappa shape index (κ1) is 12.9. The van der Waals surface area contributed by atoms with E-state index in [4.69, 9.17) is 0 Å². The van der Waals surface area contributed by atoms with Crippen LogP contribution in [-0.2, 0) is 5.88 Å². The maximum absolute atomic E-state index is 3.58. The predicted octanol–water partition coefficient (Wildman–Crippen LogP) is 4.38. The highest BCUT2D eigenvalue weighted by Gasteiger charge is 2.09. The number of rotatable bonds is 5. The van der Waals surface area contributed by atoms with E-state index in [1.807, 2.05) is 11.8 Å². The molecule has 0 unspecified atom stereocenters. The van der Waals surface area contributed by atoms with Gasteiger partial charge in [-0.2, -0.15) is 4.57 Å². The van der Waals surface area contributed by atoms with Crippen molar-refractivity contribution >= 4 is 38.6 Å². The van der Waals surface area contributed by atoms with Crippen LogP contribution in [0.1, 0.15) is 19.8 Å². The molecule has 0 amide bonds. The largest absolute Gasteiger partial charge is 0.213 e. The molecule has 1 nitrogen and oxygen atoms in total. The second kappa shape index (κ2) is 6.41. The fourth-order valence-electron chi connectivity index (χ4n) is 1.79. The third-order valence-electron chi connectivity index (χ3n) is 2.69. The normalized spacial score (nSPS) is 10.9. The van der Waals surface area contributed by atoms with Gasteiger partial charge in [-0.3, -0.25) is 0 Å². The molecule has 0 spiro atoms. The van der Waals surface area contributed by atoms with Crippen molar-refractivity contribution in [3.05, 3.63) is 41.0 Å². The standard InChI is InChI=1S/C14H17BrNS/c1-2-3-8-17-11-16-10-13(15)9-12-6-4-5-7-14(12)16/h4-7,9-10H,2-3,8,11H2,1H3/q+1. The Bertz CT molecular complexity index is 499. The molecule has 0 aliphatic rings. The quantitative estimate of drug-likeness (QED) is 0.585. The smallest absolute Gasteiger partial charge is 0.187 e. The van der Waals surface area contributed by atoms with Gasteiger partial charge >= 0.3 is 0 Å². The number of para-hydroxylation sites is 1. The number of aromatic nitrogens is 1. The molecule has 2 aromatic rings. The molecule has 3 heteroatoms. The highest BCUT2D eigenvalue weighted by atomic mass is 79.9. The fourth-order valence-corrected chi connectivity index (χ4v) is 3.32. The Morgan fingerprint density at radius 1 is 1.29 bits per heavy atom. The number of pyridine rings is 1. The lowest BCUT2D eigenvalue weighted by Crippen LogP contribution is -2.32. The van der Waals surface area contributed by atoms with Crippen LogP contribution >= 0.6 is 27.7 Å². The maximum Gasteiger partial charge on any atom is 0.213 e. The summed E-state index contributed by atoms with van der Waals surface area (Å²) in [5.41, 5.74) is 1.31. The summed E-state index contributed by atoms with van der Waals surface area (Å²) in [5, 5.41) is 1.29. The monoisotopic (exact) mass is 310 g/mol. The summed E-state index contributed by atoms with van der Waals surface area (Å²) in [6.07, 6.45) is 4.75. The second-order valence-corrected chi connectivity index (χ2v) is 6.07. The van der Waals surface area contributed by atoms with Crippen molar-refractivity contribution in [1.29, 1.82) is 0 Å². The van der Waals surface area contributed by atoms with Crippen molar-refractivity contribution in [2.45, 2.75) is 25.6 Å². The van der Waals surface area contributed by atoms with Crippen LogP contribution in [0.4, 0.5) is 0 Å². The minimum Gasteiger partial charge on any atom is -0.187 e. The molecule has 0 atom stereocenters. The zero-order chi connectivity index (χ0) is 12.1. The van der Waals surface area contributed by atoms with Crippen molar-refractivity contribution in [2.75, 3.05) is 5.75 Å². The number of unbranched alkanes of at least 4 members (excludes halogenated alkanes) is 1. The zero-order valence-corrected chi connectivity index (χ0v) is 12.4. The van der Waals surface area contributed by atoms with E-state index >= 15 is 0 Å². The van der Waals surface area contributed by atoms with E-state index in [-0.39, 0.29) is 0 Å². The molecule has 0 saturated carbocycles. The van der Waals surface area contributed by atoms with Gasteiger partial charge in [-0.1, -0.05) is 37.2 Å². The molecule has 0 saturated heterocycles. The van der Waals surface area contributed by atoms with Gasteiger partial charge in [-0.05, 0) is 40.2 Å². The summed E-state index contributed by atoms with van der Waals surface area (Å²) in [7, 11) is 0. The van der Waals surface area contributed by atoms with Crippen LogP contribution in [0.15, 0.2) is 41.0 Å². The van der Waals surface area contributed by atoms with E-state index in [1.165, 1.54) is 29.5 Å². The first-order valence-electron chi connectivity index (χ1n) is 5.96. The molecule has 0 radical (unpaired) electrons. The molecule has 17 heavy (non-hydrogen) atoms. The first-order chi connectivity index (χ1) is 8.31. The summed E-state index contributed by atoms with van der Waals surface area (Å²) >= 11 is 5.57. The van der Waals surface area contributed by atoms with Gasteiger partial charge in [0.05, 0.1) is 4.47 Å². The predicted molar refractivity (Wildman–Crippen MR) is 79.2 cm³/mol. The van der Waals surface area contributed by atoms with Crippen LogP contribution in [0.25, 0.3) is 10.9 Å². The van der Waals surface area contributed by atoms with Crippen LogP contribution in [0, 0.1) is 0 Å². The van der Waals surface area contributed by atoms with Crippen LogP contribution in [0.3, 0.4) is 0 Å². The molecule has 0 fully saturated rings. The van der Waals surface area contributed by atoms with Crippen LogP contribution < -0.4 is 4.57 Å². The minimum atomic E-state index is 1.03. The molecule has 0 aliphatic carbocycles. The number of hydrogen-bond donors (Lipinski definition) is 0. The maximum atomic E-state index is 3.58. The van der Waals surface area contributed by atoms with Crippen LogP contribution in [-0.4, -0.2) is 5.75 Å². The third-order valence-corrected chi connectivity index (χ3v) is 4.16. The molecule has 90 valence electrons. The Labute approximate surface area is 115 Å². The highest BCUT2D eigenvalue weighted by molar-refractivity contribution is 9.10. The molecule has 0 bridgehead atoms. The average Bonchev–Trinajstić information content (AvgIpc) is 2.34. The van der Waals surface area contributed by atoms with Crippen molar-refractivity contribution in [1.82, 2.24) is 0 Å². The van der Waals surface area contributed by atoms with E-state index in [0.29, 0.717) is 0 Å². The molecular weight excluding hydrogens is 294 g/mol. The third kappa shape index (κ3) is 3.46. The number of fused-ring (bicyclic) bond motifs is 1. The summed E-state index contributed by atoms with van der Waals surface area (Å²) in [5.74, 6) is 2.27. The lowest BCUT2D eigenvalue weighted by atomic mass is 10.2. The van der Waals surface area contributed by atoms with Gasteiger partial charge in [0.15, 0.2) is 12.1 Å². The van der Waals surface area contributed by atoms with Crippen LogP contribution in [0.5, 0.6) is 0 Å². The number of benzene rings is 1. The van der Waals surface area contributed by atoms with E-state index in [0.717, 1.165) is 10.3 Å². The Kier molecular flexibility index (Phi) is 4.86. The SMILES string of the molecule is CCCCSC[n+]1cc(Br)cc2ccccc21. The highest BCUT2D eigenvalue weighted by Crippen LogP contribution is 2.16. The van der Waals surface area contributed by atoms with Crippen LogP contribution in [0.2, 0.25) is 0 Å². The molecular formula is C14H17BrNS+. The second-order valence-electron chi connectivity index (χ2n) is 4.08. The van der Waals surface area contributed by atoms with E-state index in [9.17, 15) is 0 Å². The Balaban J connectivity index is 2.20. The summed E-state index contributed by atoms with van der Waals surface area (Å²) in [6, 6.07) is 10.7. The summed E-state index contributed by atoms with van der Waals surface area (Å²) in [6.45, 7) is 2.24. The Hall–Kier alpha value is -0.540. The number of thioether (sulfide) groups is 1. The van der Waals surface area contributed by atoms with Crippen molar-refractivity contribution in [2.24, 2.45) is 0 Å². The van der Waals surface area contributed by atoms with Crippen molar-refractivity contribution in [3.8, 4) is 0 Å². The van der Waals surface area contributed by atoms with E-state index in [2.05, 4.69) is 63.9 Å². The lowest BCUT2D eigenvalue weighted by Gasteiger charge is -2.02. The lowest BCUT2D eigenvalue weighted by molar-refractivity contribution is -0.650. The molecule has 0 aliphatic heterocycles. The molecule has 1 aromatic carbocycles. The first-order valence-corrected chi connectivity index (χ1v) is 7.91. The fraction of sp³-hybridized carbons (Fsp3) is 0.357. The van der Waals surface area contributed by atoms with Gasteiger partial charge in [0.2, 0.25) is 5.52 Å². The Morgan fingerprint density at radius 3 is 2.94 bits per heavy atom. The van der Waals surface area contributed by atoms with Crippen molar-refractivity contribution < 1.29 is 4.57 Å². The summed E-state index contributed by atoms with van der Waals surface area (Å²) < 4.78 is 3.46.